The van der Waals surface area contributed by atoms with Crippen LogP contribution in [0.1, 0.15) is 25.7 Å². The number of thiazole rings is 1. The van der Waals surface area contributed by atoms with Crippen molar-refractivity contribution in [2.45, 2.75) is 36.1 Å². The summed E-state index contributed by atoms with van der Waals surface area (Å²) >= 11 is 8.75. The van der Waals surface area contributed by atoms with Gasteiger partial charge in [0, 0.05) is 11.1 Å². The van der Waals surface area contributed by atoms with Gasteiger partial charge in [0.2, 0.25) is 5.91 Å². The summed E-state index contributed by atoms with van der Waals surface area (Å²) in [5.41, 5.74) is 0.824. The second-order valence-electron chi connectivity index (χ2n) is 5.38. The molecular weight excluding hydrogens is 354 g/mol. The Kier molecular flexibility index (Phi) is 5.40. The maximum atomic E-state index is 11.8. The number of rotatable bonds is 4. The molecule has 0 atom stereocenters. The molecule has 1 aromatic carbocycles. The van der Waals surface area contributed by atoms with Crippen LogP contribution < -0.4 is 10.6 Å². The number of halogens is 1. The number of nitrogens with one attached hydrogen (secondary N) is 2. The number of fused-ring (bicyclic) bond motifs is 1. The van der Waals surface area contributed by atoms with Gasteiger partial charge in [0.1, 0.15) is 0 Å². The van der Waals surface area contributed by atoms with Gasteiger partial charge >= 0.3 is 6.03 Å². The monoisotopic (exact) mass is 369 g/mol. The molecule has 0 bridgehead atoms. The quantitative estimate of drug-likeness (QED) is 0.804. The molecule has 2 aromatic rings. The lowest BCUT2D eigenvalue weighted by Crippen LogP contribution is -2.44. The lowest BCUT2D eigenvalue weighted by atomic mass is 10.2. The van der Waals surface area contributed by atoms with Crippen molar-refractivity contribution >= 4 is 56.9 Å². The molecular formula is C15H16ClN3O2S2. The van der Waals surface area contributed by atoms with Gasteiger partial charge in [-0.1, -0.05) is 36.2 Å². The van der Waals surface area contributed by atoms with Crippen LogP contribution in [0.3, 0.4) is 0 Å². The molecule has 23 heavy (non-hydrogen) atoms. The molecule has 0 saturated heterocycles. The number of benzene rings is 1. The number of nitrogens with zero attached hydrogens (tertiary/aromatic N) is 1. The first kappa shape index (κ1) is 16.5. The Morgan fingerprint density at radius 1 is 1.35 bits per heavy atom. The molecule has 122 valence electrons. The SMILES string of the molecule is O=C(CSc1nc2cc(Cl)ccc2s1)NC(=O)NC1CCCC1. The van der Waals surface area contributed by atoms with E-state index in [-0.39, 0.29) is 17.7 Å². The predicted octanol–water partition coefficient (Wildman–Crippen LogP) is 3.81. The van der Waals surface area contributed by atoms with Gasteiger partial charge in [0.05, 0.1) is 16.0 Å². The number of carbonyl (C=O) groups excluding carboxylic acids is 2. The molecule has 0 aliphatic heterocycles. The molecule has 5 nitrogen and oxygen atoms in total. The Balaban J connectivity index is 1.48. The first-order valence-electron chi connectivity index (χ1n) is 7.39. The number of carbonyl (C=O) groups is 2. The summed E-state index contributed by atoms with van der Waals surface area (Å²) in [5, 5.41) is 5.83. The summed E-state index contributed by atoms with van der Waals surface area (Å²) < 4.78 is 1.81. The Morgan fingerprint density at radius 3 is 2.91 bits per heavy atom. The minimum atomic E-state index is -0.404. The zero-order valence-corrected chi connectivity index (χ0v) is 14.7. The largest absolute Gasteiger partial charge is 0.335 e. The van der Waals surface area contributed by atoms with E-state index in [1.807, 2.05) is 12.1 Å². The minimum Gasteiger partial charge on any atom is -0.335 e. The van der Waals surface area contributed by atoms with Crippen molar-refractivity contribution in [3.63, 3.8) is 0 Å². The Bertz CT molecular complexity index is 729. The van der Waals surface area contributed by atoms with Crippen molar-refractivity contribution < 1.29 is 9.59 Å². The zero-order chi connectivity index (χ0) is 16.2. The van der Waals surface area contributed by atoms with Crippen LogP contribution in [0.2, 0.25) is 5.02 Å². The topological polar surface area (TPSA) is 71.1 Å². The average molecular weight is 370 g/mol. The van der Waals surface area contributed by atoms with E-state index in [0.29, 0.717) is 5.02 Å². The Morgan fingerprint density at radius 2 is 2.13 bits per heavy atom. The molecule has 1 saturated carbocycles. The number of urea groups is 1. The first-order chi connectivity index (χ1) is 11.1. The summed E-state index contributed by atoms with van der Waals surface area (Å²) in [6.45, 7) is 0. The molecule has 1 heterocycles. The highest BCUT2D eigenvalue weighted by molar-refractivity contribution is 8.01. The van der Waals surface area contributed by atoms with Crippen molar-refractivity contribution in [3.8, 4) is 0 Å². The maximum Gasteiger partial charge on any atom is 0.321 e. The van der Waals surface area contributed by atoms with Gasteiger partial charge in [-0.25, -0.2) is 9.78 Å². The van der Waals surface area contributed by atoms with E-state index in [4.69, 9.17) is 11.6 Å². The predicted molar refractivity (Wildman–Crippen MR) is 94.3 cm³/mol. The summed E-state index contributed by atoms with van der Waals surface area (Å²) in [4.78, 5) is 28.0. The Labute approximate surface area is 147 Å². The molecule has 3 rings (SSSR count). The average Bonchev–Trinajstić information content (AvgIpc) is 3.13. The van der Waals surface area contributed by atoms with E-state index in [1.165, 1.54) is 23.1 Å². The second kappa shape index (κ2) is 7.51. The van der Waals surface area contributed by atoms with Crippen molar-refractivity contribution in [2.75, 3.05) is 5.75 Å². The highest BCUT2D eigenvalue weighted by Gasteiger charge is 2.18. The summed E-state index contributed by atoms with van der Waals surface area (Å²) in [7, 11) is 0. The summed E-state index contributed by atoms with van der Waals surface area (Å²) in [6, 6.07) is 5.32. The van der Waals surface area contributed by atoms with Crippen LogP contribution in [0.4, 0.5) is 4.79 Å². The zero-order valence-electron chi connectivity index (χ0n) is 12.3. The molecule has 1 aromatic heterocycles. The number of hydrogen-bond acceptors (Lipinski definition) is 5. The minimum absolute atomic E-state index is 0.158. The maximum absolute atomic E-state index is 11.8. The van der Waals surface area contributed by atoms with Gasteiger partial charge in [-0.15, -0.1) is 11.3 Å². The molecule has 0 unspecified atom stereocenters. The van der Waals surface area contributed by atoms with E-state index in [1.54, 1.807) is 6.07 Å². The second-order valence-corrected chi connectivity index (χ2v) is 8.07. The third kappa shape index (κ3) is 4.59. The molecule has 3 amide bonds. The van der Waals surface area contributed by atoms with Gasteiger partial charge in [0.25, 0.3) is 0 Å². The third-order valence-corrected chi connectivity index (χ3v) is 6.01. The molecule has 8 heteroatoms. The summed E-state index contributed by atoms with van der Waals surface area (Å²) in [5.74, 6) is -0.158. The number of thioether (sulfide) groups is 1. The number of amides is 3. The van der Waals surface area contributed by atoms with E-state index in [9.17, 15) is 9.59 Å². The molecule has 0 radical (unpaired) electrons. The standard InChI is InChI=1S/C15H16ClN3O2S2/c16-9-5-6-12-11(7-9)18-15(23-12)22-8-13(20)19-14(21)17-10-3-1-2-4-10/h5-7,10H,1-4,8H2,(H2,17,19,20,21). The van der Waals surface area contributed by atoms with Crippen LogP contribution in [-0.4, -0.2) is 28.7 Å². The number of hydrogen-bond donors (Lipinski definition) is 2. The van der Waals surface area contributed by atoms with E-state index in [2.05, 4.69) is 15.6 Å². The number of imide groups is 1. The molecule has 2 N–H and O–H groups in total. The highest BCUT2D eigenvalue weighted by atomic mass is 35.5. The fourth-order valence-corrected chi connectivity index (χ4v) is 4.54. The van der Waals surface area contributed by atoms with Gasteiger partial charge in [-0.3, -0.25) is 10.1 Å². The van der Waals surface area contributed by atoms with Gasteiger partial charge in [-0.2, -0.15) is 0 Å². The lowest BCUT2D eigenvalue weighted by molar-refractivity contribution is -0.117. The summed E-state index contributed by atoms with van der Waals surface area (Å²) in [6.07, 6.45) is 4.25. The van der Waals surface area contributed by atoms with E-state index >= 15 is 0 Å². The first-order valence-corrected chi connectivity index (χ1v) is 9.57. The fraction of sp³-hybridized carbons (Fsp3) is 0.400. The van der Waals surface area contributed by atoms with E-state index in [0.717, 1.165) is 40.2 Å². The normalized spacial score (nSPS) is 15.0. The number of aromatic nitrogens is 1. The van der Waals surface area contributed by atoms with Crippen LogP contribution in [0.5, 0.6) is 0 Å². The molecule has 0 spiro atoms. The van der Waals surface area contributed by atoms with Crippen molar-refractivity contribution in [1.82, 2.24) is 15.6 Å². The molecule has 1 aliphatic carbocycles. The van der Waals surface area contributed by atoms with Crippen LogP contribution in [-0.2, 0) is 4.79 Å². The Hall–Kier alpha value is -1.31. The van der Waals surface area contributed by atoms with Crippen LogP contribution >= 0.6 is 34.7 Å². The fourth-order valence-electron chi connectivity index (χ4n) is 2.52. The van der Waals surface area contributed by atoms with Crippen LogP contribution in [0.15, 0.2) is 22.5 Å². The van der Waals surface area contributed by atoms with Crippen molar-refractivity contribution in [3.05, 3.63) is 23.2 Å². The van der Waals surface area contributed by atoms with Crippen LogP contribution in [0.25, 0.3) is 10.2 Å². The third-order valence-electron chi connectivity index (χ3n) is 3.60. The van der Waals surface area contributed by atoms with E-state index < -0.39 is 6.03 Å². The molecule has 1 fully saturated rings. The van der Waals surface area contributed by atoms with Gasteiger partial charge in [-0.05, 0) is 31.0 Å². The van der Waals surface area contributed by atoms with Crippen molar-refractivity contribution in [1.29, 1.82) is 0 Å². The lowest BCUT2D eigenvalue weighted by Gasteiger charge is -2.11. The van der Waals surface area contributed by atoms with Crippen molar-refractivity contribution in [2.24, 2.45) is 0 Å². The van der Waals surface area contributed by atoms with Gasteiger partial charge < -0.3 is 5.32 Å². The highest BCUT2D eigenvalue weighted by Crippen LogP contribution is 2.30. The van der Waals surface area contributed by atoms with Gasteiger partial charge in [0.15, 0.2) is 4.34 Å². The smallest absolute Gasteiger partial charge is 0.321 e. The van der Waals surface area contributed by atoms with Crippen LogP contribution in [0, 0.1) is 0 Å². The molecule has 1 aliphatic rings.